The van der Waals surface area contributed by atoms with E-state index in [0.29, 0.717) is 11.8 Å². The third kappa shape index (κ3) is 4.47. The Kier molecular flexibility index (Phi) is 6.16. The number of aromatic nitrogens is 4. The summed E-state index contributed by atoms with van der Waals surface area (Å²) in [5.74, 6) is 0.0145. The number of para-hydroxylation sites is 1. The molecule has 6 rings (SSSR count). The Balaban J connectivity index is 1.51. The minimum atomic E-state index is -0.0274. The molecular formula is C31H24N4OS. The topological polar surface area (TPSA) is 60.7 Å². The fourth-order valence-corrected chi connectivity index (χ4v) is 5.44. The molecule has 3 heterocycles. The normalized spacial score (nSPS) is 12.5. The van der Waals surface area contributed by atoms with Crippen LogP contribution in [0, 0.1) is 0 Å². The Morgan fingerprint density at radius 1 is 0.892 bits per heavy atom. The van der Waals surface area contributed by atoms with E-state index < -0.39 is 0 Å². The van der Waals surface area contributed by atoms with E-state index in [0.717, 1.165) is 43.9 Å². The van der Waals surface area contributed by atoms with Crippen molar-refractivity contribution in [2.45, 2.75) is 19.3 Å². The molecule has 6 heteroatoms. The highest BCUT2D eigenvalue weighted by Gasteiger charge is 2.20. The van der Waals surface area contributed by atoms with Crippen molar-refractivity contribution in [3.8, 4) is 5.69 Å². The average molecular weight is 501 g/mol. The molecule has 0 spiro atoms. The molecule has 5 nitrogen and oxygen atoms in total. The summed E-state index contributed by atoms with van der Waals surface area (Å²) >= 11 is 1.51. The molecule has 0 bridgehead atoms. The lowest BCUT2D eigenvalue weighted by Crippen LogP contribution is -2.24. The molecule has 0 amide bonds. The van der Waals surface area contributed by atoms with Crippen molar-refractivity contribution in [1.82, 2.24) is 19.5 Å². The highest BCUT2D eigenvalue weighted by atomic mass is 32.1. The lowest BCUT2D eigenvalue weighted by Gasteiger charge is -2.20. The molecule has 6 aromatic rings. The van der Waals surface area contributed by atoms with E-state index in [1.54, 1.807) is 11.8 Å². The van der Waals surface area contributed by atoms with Gasteiger partial charge in [0.15, 0.2) is 0 Å². The van der Waals surface area contributed by atoms with E-state index in [1.807, 2.05) is 83.4 Å². The van der Waals surface area contributed by atoms with Gasteiger partial charge in [-0.25, -0.2) is 15.0 Å². The van der Waals surface area contributed by atoms with Gasteiger partial charge < -0.3 is 0 Å². The van der Waals surface area contributed by atoms with Crippen molar-refractivity contribution < 1.29 is 0 Å². The van der Waals surface area contributed by atoms with Crippen LogP contribution >= 0.6 is 11.3 Å². The molecule has 0 saturated heterocycles. The van der Waals surface area contributed by atoms with Gasteiger partial charge >= 0.3 is 0 Å². The van der Waals surface area contributed by atoms with Crippen LogP contribution in [0.3, 0.4) is 0 Å². The van der Waals surface area contributed by atoms with Crippen LogP contribution in [0.5, 0.6) is 0 Å². The first kappa shape index (κ1) is 23.0. The third-order valence-corrected chi connectivity index (χ3v) is 7.32. The molecule has 0 saturated carbocycles. The van der Waals surface area contributed by atoms with E-state index in [2.05, 4.69) is 40.1 Å². The van der Waals surface area contributed by atoms with Gasteiger partial charge in [-0.3, -0.25) is 9.36 Å². The molecule has 0 aliphatic rings. The molecule has 0 radical (unpaired) electrons. The molecule has 3 aromatic heterocycles. The monoisotopic (exact) mass is 500 g/mol. The van der Waals surface area contributed by atoms with E-state index in [-0.39, 0.29) is 11.5 Å². The fourth-order valence-electron chi connectivity index (χ4n) is 4.79. The molecule has 1 atom stereocenters. The summed E-state index contributed by atoms with van der Waals surface area (Å²) in [6.07, 6.45) is 6.32. The summed E-state index contributed by atoms with van der Waals surface area (Å²) in [6.45, 7) is 2.14. The van der Waals surface area contributed by atoms with Crippen LogP contribution in [-0.2, 0) is 6.42 Å². The first-order valence-corrected chi connectivity index (χ1v) is 13.1. The Morgan fingerprint density at radius 3 is 2.49 bits per heavy atom. The van der Waals surface area contributed by atoms with E-state index in [1.165, 1.54) is 11.3 Å². The predicted molar refractivity (Wildman–Crippen MR) is 152 cm³/mol. The van der Waals surface area contributed by atoms with Crippen LogP contribution < -0.4 is 5.56 Å². The number of thiazole rings is 1. The molecule has 0 unspecified atom stereocenters. The van der Waals surface area contributed by atoms with Gasteiger partial charge in [0.05, 0.1) is 16.6 Å². The number of hydrogen-bond donors (Lipinski definition) is 0. The first-order chi connectivity index (χ1) is 18.2. The van der Waals surface area contributed by atoms with Crippen molar-refractivity contribution in [3.63, 3.8) is 0 Å². The van der Waals surface area contributed by atoms with Crippen LogP contribution in [0.15, 0.2) is 102 Å². The summed E-state index contributed by atoms with van der Waals surface area (Å²) in [5.41, 5.74) is 7.28. The summed E-state index contributed by atoms with van der Waals surface area (Å²) in [4.78, 5) is 28.4. The molecule has 0 aliphatic carbocycles. The predicted octanol–water partition coefficient (Wildman–Crippen LogP) is 6.91. The lowest BCUT2D eigenvalue weighted by atomic mass is 9.96. The Bertz CT molecular complexity index is 1790. The van der Waals surface area contributed by atoms with E-state index in [4.69, 9.17) is 0 Å². The third-order valence-electron chi connectivity index (χ3n) is 6.59. The van der Waals surface area contributed by atoms with Crippen molar-refractivity contribution in [2.75, 3.05) is 0 Å². The summed E-state index contributed by atoms with van der Waals surface area (Å²) in [5, 5.41) is 1.63. The quantitative estimate of drug-likeness (QED) is 0.233. The zero-order chi connectivity index (χ0) is 25.2. The minimum absolute atomic E-state index is 0.0145. The van der Waals surface area contributed by atoms with Gasteiger partial charge in [-0.15, -0.1) is 11.3 Å². The molecule has 37 heavy (non-hydrogen) atoms. The van der Waals surface area contributed by atoms with Gasteiger partial charge in [0, 0.05) is 23.7 Å². The molecule has 3 aromatic carbocycles. The highest BCUT2D eigenvalue weighted by molar-refractivity contribution is 7.16. The maximum atomic E-state index is 14.2. The Morgan fingerprint density at radius 2 is 1.68 bits per heavy atom. The summed E-state index contributed by atoms with van der Waals surface area (Å²) in [7, 11) is 0. The molecule has 0 aliphatic heterocycles. The summed E-state index contributed by atoms with van der Waals surface area (Å²) in [6, 6.07) is 28.2. The zero-order valence-corrected chi connectivity index (χ0v) is 21.1. The maximum Gasteiger partial charge on any atom is 0.263 e. The van der Waals surface area contributed by atoms with Crippen LogP contribution in [0.1, 0.15) is 35.4 Å². The second kappa shape index (κ2) is 9.91. The molecular weight excluding hydrogens is 476 g/mol. The number of benzene rings is 3. The standard InChI is InChI=1S/C31H24N4OS/c1-21(17-26-29-30(33-19-32-26)37-20-34-29)27-18-24-12-8-11-23(16-15-22-9-4-2-5-10-22)28(24)31(36)35(27)25-13-6-3-7-14-25/h2-16,18-21H,17H2,1H3/b16-15+/t21-/m1/s1. The van der Waals surface area contributed by atoms with E-state index >= 15 is 0 Å². The minimum Gasteiger partial charge on any atom is -0.280 e. The Labute approximate surface area is 218 Å². The van der Waals surface area contributed by atoms with Crippen LogP contribution in [0.4, 0.5) is 0 Å². The second-order valence-corrected chi connectivity index (χ2v) is 9.87. The number of fused-ring (bicyclic) bond motifs is 2. The van der Waals surface area contributed by atoms with Crippen LogP contribution in [-0.4, -0.2) is 19.5 Å². The van der Waals surface area contributed by atoms with Crippen LogP contribution in [0.25, 0.3) is 39.0 Å². The molecule has 0 N–H and O–H groups in total. The average Bonchev–Trinajstić information content (AvgIpc) is 3.43. The van der Waals surface area contributed by atoms with E-state index in [9.17, 15) is 4.79 Å². The number of hydrogen-bond acceptors (Lipinski definition) is 5. The zero-order valence-electron chi connectivity index (χ0n) is 20.3. The van der Waals surface area contributed by atoms with Crippen LogP contribution in [0.2, 0.25) is 0 Å². The highest BCUT2D eigenvalue weighted by Crippen LogP contribution is 2.28. The SMILES string of the molecule is C[C@H](Cc1ncnc2scnc12)c1cc2cccc(/C=C/c3ccccc3)c2c(=O)n1-c1ccccc1. The fraction of sp³-hybridized carbons (Fsp3) is 0.0968. The van der Waals surface area contributed by atoms with Gasteiger partial charge in [-0.05, 0) is 34.7 Å². The largest absolute Gasteiger partial charge is 0.280 e. The van der Waals surface area contributed by atoms with Crippen molar-refractivity contribution in [2.24, 2.45) is 0 Å². The summed E-state index contributed by atoms with van der Waals surface area (Å²) < 4.78 is 1.85. The van der Waals surface area contributed by atoms with Gasteiger partial charge in [-0.1, -0.05) is 85.8 Å². The van der Waals surface area contributed by atoms with Crippen molar-refractivity contribution in [1.29, 1.82) is 0 Å². The number of nitrogens with zero attached hydrogens (tertiary/aromatic N) is 4. The molecule has 0 fully saturated rings. The smallest absolute Gasteiger partial charge is 0.263 e. The number of pyridine rings is 1. The van der Waals surface area contributed by atoms with Gasteiger partial charge in [-0.2, -0.15) is 0 Å². The lowest BCUT2D eigenvalue weighted by molar-refractivity contribution is 0.687. The van der Waals surface area contributed by atoms with Gasteiger partial charge in [0.1, 0.15) is 16.7 Å². The second-order valence-electron chi connectivity index (χ2n) is 9.03. The van der Waals surface area contributed by atoms with Gasteiger partial charge in [0.2, 0.25) is 0 Å². The maximum absolute atomic E-state index is 14.2. The first-order valence-electron chi connectivity index (χ1n) is 12.2. The van der Waals surface area contributed by atoms with Crippen molar-refractivity contribution in [3.05, 3.63) is 130 Å². The molecule has 180 valence electrons. The Hall–Kier alpha value is -4.42. The van der Waals surface area contributed by atoms with Crippen molar-refractivity contribution >= 4 is 44.6 Å². The number of rotatable bonds is 6. The van der Waals surface area contributed by atoms with Gasteiger partial charge in [0.25, 0.3) is 5.56 Å².